The Kier molecular flexibility index (Phi) is 3.42. The Labute approximate surface area is 106 Å². The minimum atomic E-state index is -0.0407. The number of nitrogens with zero attached hydrogens (tertiary/aromatic N) is 1. The van der Waals surface area contributed by atoms with Crippen LogP contribution in [-0.4, -0.2) is 17.9 Å². The van der Waals surface area contributed by atoms with Gasteiger partial charge in [-0.3, -0.25) is 9.78 Å². The van der Waals surface area contributed by atoms with E-state index in [1.807, 2.05) is 32.0 Å². The third-order valence-electron chi connectivity index (χ3n) is 2.73. The predicted molar refractivity (Wildman–Crippen MR) is 70.1 cm³/mol. The van der Waals surface area contributed by atoms with Crippen molar-refractivity contribution in [3.8, 4) is 5.75 Å². The minimum absolute atomic E-state index is 0.0407. The van der Waals surface area contributed by atoms with Gasteiger partial charge in [-0.2, -0.15) is 0 Å². The van der Waals surface area contributed by atoms with Crippen molar-refractivity contribution in [1.29, 1.82) is 0 Å². The van der Waals surface area contributed by atoms with Crippen LogP contribution in [-0.2, 0) is 0 Å². The smallest absolute Gasteiger partial charge is 0.196 e. The van der Waals surface area contributed by atoms with Gasteiger partial charge in [0.05, 0.1) is 18.9 Å². The molecule has 0 saturated carbocycles. The van der Waals surface area contributed by atoms with E-state index in [4.69, 9.17) is 4.74 Å². The maximum atomic E-state index is 12.4. The lowest BCUT2D eigenvalue weighted by atomic mass is 10.00. The van der Waals surface area contributed by atoms with Crippen LogP contribution in [0.4, 0.5) is 0 Å². The third-order valence-corrected chi connectivity index (χ3v) is 2.73. The first-order chi connectivity index (χ1) is 8.61. The largest absolute Gasteiger partial charge is 0.494 e. The maximum Gasteiger partial charge on any atom is 0.196 e. The van der Waals surface area contributed by atoms with Crippen LogP contribution in [0.25, 0.3) is 0 Å². The molecule has 1 heterocycles. The van der Waals surface area contributed by atoms with Gasteiger partial charge in [0.25, 0.3) is 0 Å². The number of carbonyl (C=O) groups excluding carboxylic acids is 1. The van der Waals surface area contributed by atoms with Gasteiger partial charge in [-0.25, -0.2) is 0 Å². The molecule has 18 heavy (non-hydrogen) atoms. The van der Waals surface area contributed by atoms with E-state index >= 15 is 0 Å². The van der Waals surface area contributed by atoms with Crippen LogP contribution in [0.5, 0.6) is 5.75 Å². The Balaban J connectivity index is 2.47. The number of rotatable bonds is 3. The average molecular weight is 241 g/mol. The molecule has 0 aliphatic heterocycles. The molecule has 0 amide bonds. The molecule has 0 unspecified atom stereocenters. The minimum Gasteiger partial charge on any atom is -0.494 e. The highest BCUT2D eigenvalue weighted by Gasteiger charge is 2.14. The summed E-state index contributed by atoms with van der Waals surface area (Å²) in [5, 5.41) is 0. The fourth-order valence-corrected chi connectivity index (χ4v) is 1.99. The third kappa shape index (κ3) is 2.40. The number of methoxy groups -OCH3 is 1. The topological polar surface area (TPSA) is 39.2 Å². The normalized spacial score (nSPS) is 10.2. The number of benzene rings is 1. The standard InChI is InChI=1S/C15H15NO2/c1-10-6-11(2)8-12(7-10)15(17)13-4-5-16-9-14(13)18-3/h4-9H,1-3H3. The molecule has 92 valence electrons. The van der Waals surface area contributed by atoms with Crippen LogP contribution in [0.3, 0.4) is 0 Å². The number of hydrogen-bond donors (Lipinski definition) is 0. The molecule has 1 aromatic heterocycles. The fourth-order valence-electron chi connectivity index (χ4n) is 1.99. The van der Waals surface area contributed by atoms with Crippen LogP contribution < -0.4 is 4.74 Å². The molecule has 0 bridgehead atoms. The van der Waals surface area contributed by atoms with Crippen LogP contribution in [0.1, 0.15) is 27.0 Å². The highest BCUT2D eigenvalue weighted by Crippen LogP contribution is 2.21. The summed E-state index contributed by atoms with van der Waals surface area (Å²) >= 11 is 0. The summed E-state index contributed by atoms with van der Waals surface area (Å²) in [6, 6.07) is 7.49. The first-order valence-corrected chi connectivity index (χ1v) is 5.73. The van der Waals surface area contributed by atoms with Crippen molar-refractivity contribution in [2.24, 2.45) is 0 Å². The number of aryl methyl sites for hydroxylation is 2. The van der Waals surface area contributed by atoms with Crippen molar-refractivity contribution in [2.75, 3.05) is 7.11 Å². The number of ketones is 1. The molecule has 0 fully saturated rings. The maximum absolute atomic E-state index is 12.4. The van der Waals surface area contributed by atoms with Crippen molar-refractivity contribution in [1.82, 2.24) is 4.98 Å². The van der Waals surface area contributed by atoms with Crippen LogP contribution in [0.2, 0.25) is 0 Å². The van der Waals surface area contributed by atoms with E-state index in [0.29, 0.717) is 16.9 Å². The summed E-state index contributed by atoms with van der Waals surface area (Å²) in [6.07, 6.45) is 3.15. The highest BCUT2D eigenvalue weighted by atomic mass is 16.5. The van der Waals surface area contributed by atoms with Crippen LogP contribution >= 0.6 is 0 Å². The van der Waals surface area contributed by atoms with Crippen molar-refractivity contribution in [2.45, 2.75) is 13.8 Å². The van der Waals surface area contributed by atoms with E-state index < -0.39 is 0 Å². The van der Waals surface area contributed by atoms with Gasteiger partial charge in [-0.05, 0) is 32.0 Å². The molecular formula is C15H15NO2. The molecule has 0 aliphatic carbocycles. The Hall–Kier alpha value is -2.16. The number of carbonyl (C=O) groups is 1. The van der Waals surface area contributed by atoms with Crippen molar-refractivity contribution >= 4 is 5.78 Å². The van der Waals surface area contributed by atoms with E-state index in [1.165, 1.54) is 7.11 Å². The van der Waals surface area contributed by atoms with Crippen molar-refractivity contribution < 1.29 is 9.53 Å². The van der Waals surface area contributed by atoms with Gasteiger partial charge in [0.1, 0.15) is 5.75 Å². The summed E-state index contributed by atoms with van der Waals surface area (Å²) in [7, 11) is 1.54. The second-order valence-corrected chi connectivity index (χ2v) is 4.28. The zero-order valence-electron chi connectivity index (χ0n) is 10.7. The zero-order chi connectivity index (χ0) is 13.1. The number of pyridine rings is 1. The lowest BCUT2D eigenvalue weighted by Crippen LogP contribution is -2.05. The summed E-state index contributed by atoms with van der Waals surface area (Å²) < 4.78 is 5.17. The predicted octanol–water partition coefficient (Wildman–Crippen LogP) is 2.94. The molecule has 2 rings (SSSR count). The molecular weight excluding hydrogens is 226 g/mol. The quantitative estimate of drug-likeness (QED) is 0.775. The monoisotopic (exact) mass is 241 g/mol. The van der Waals surface area contributed by atoms with E-state index in [1.54, 1.807) is 18.5 Å². The van der Waals surface area contributed by atoms with Gasteiger partial charge < -0.3 is 4.74 Å². The van der Waals surface area contributed by atoms with E-state index in [2.05, 4.69) is 4.98 Å². The van der Waals surface area contributed by atoms with E-state index in [-0.39, 0.29) is 5.78 Å². The SMILES string of the molecule is COc1cnccc1C(=O)c1cc(C)cc(C)c1. The second kappa shape index (κ2) is 5.00. The summed E-state index contributed by atoms with van der Waals surface area (Å²) in [5.41, 5.74) is 3.37. The van der Waals surface area contributed by atoms with Gasteiger partial charge >= 0.3 is 0 Å². The van der Waals surface area contributed by atoms with Gasteiger partial charge in [0, 0.05) is 11.8 Å². The number of hydrogen-bond acceptors (Lipinski definition) is 3. The Morgan fingerprint density at radius 1 is 1.17 bits per heavy atom. The van der Waals surface area contributed by atoms with Crippen LogP contribution in [0, 0.1) is 13.8 Å². The highest BCUT2D eigenvalue weighted by molar-refractivity contribution is 6.10. The molecule has 0 atom stereocenters. The van der Waals surface area contributed by atoms with Gasteiger partial charge in [-0.15, -0.1) is 0 Å². The fraction of sp³-hybridized carbons (Fsp3) is 0.200. The molecule has 2 aromatic rings. The van der Waals surface area contributed by atoms with Crippen LogP contribution in [0.15, 0.2) is 36.7 Å². The molecule has 0 radical (unpaired) electrons. The summed E-state index contributed by atoms with van der Waals surface area (Å²) in [4.78, 5) is 16.4. The van der Waals surface area contributed by atoms with E-state index in [0.717, 1.165) is 11.1 Å². The summed E-state index contributed by atoms with van der Waals surface area (Å²) in [6.45, 7) is 3.96. The first-order valence-electron chi connectivity index (χ1n) is 5.73. The first kappa shape index (κ1) is 12.3. The van der Waals surface area contributed by atoms with E-state index in [9.17, 15) is 4.79 Å². The number of aromatic nitrogens is 1. The van der Waals surface area contributed by atoms with Crippen molar-refractivity contribution in [3.05, 3.63) is 58.9 Å². The molecule has 3 heteroatoms. The Morgan fingerprint density at radius 2 is 1.83 bits per heavy atom. The molecule has 3 nitrogen and oxygen atoms in total. The Bertz CT molecular complexity index is 571. The number of ether oxygens (including phenoxy) is 1. The lowest BCUT2D eigenvalue weighted by molar-refractivity contribution is 0.103. The lowest BCUT2D eigenvalue weighted by Gasteiger charge is -2.08. The van der Waals surface area contributed by atoms with Gasteiger partial charge in [-0.1, -0.05) is 17.2 Å². The summed E-state index contributed by atoms with van der Waals surface area (Å²) in [5.74, 6) is 0.461. The van der Waals surface area contributed by atoms with Crippen molar-refractivity contribution in [3.63, 3.8) is 0 Å². The second-order valence-electron chi connectivity index (χ2n) is 4.28. The molecule has 0 spiro atoms. The molecule has 0 N–H and O–H groups in total. The van der Waals surface area contributed by atoms with Gasteiger partial charge in [0.2, 0.25) is 0 Å². The molecule has 0 saturated heterocycles. The van der Waals surface area contributed by atoms with Gasteiger partial charge in [0.15, 0.2) is 5.78 Å². The average Bonchev–Trinajstić information content (AvgIpc) is 2.36. The molecule has 1 aromatic carbocycles. The molecule has 0 aliphatic rings. The zero-order valence-corrected chi connectivity index (χ0v) is 10.7. The Morgan fingerprint density at radius 3 is 2.44 bits per heavy atom.